The van der Waals surface area contributed by atoms with Crippen LogP contribution in [-0.2, 0) is 0 Å². The van der Waals surface area contributed by atoms with E-state index in [-0.39, 0.29) is 0 Å². The fourth-order valence-electron chi connectivity index (χ4n) is 1.60. The highest BCUT2D eigenvalue weighted by molar-refractivity contribution is 5.42. The molecule has 0 saturated carbocycles. The molecule has 0 aliphatic carbocycles. The van der Waals surface area contributed by atoms with Crippen LogP contribution in [0.5, 0.6) is 5.75 Å². The summed E-state index contributed by atoms with van der Waals surface area (Å²) in [6.45, 7) is 3.31. The van der Waals surface area contributed by atoms with Crippen LogP contribution in [-0.4, -0.2) is 18.1 Å². The van der Waals surface area contributed by atoms with Gasteiger partial charge in [-0.1, -0.05) is 18.2 Å². The van der Waals surface area contributed by atoms with Crippen molar-refractivity contribution < 1.29 is 4.74 Å². The van der Waals surface area contributed by atoms with Gasteiger partial charge in [0.2, 0.25) is 0 Å². The van der Waals surface area contributed by atoms with E-state index in [2.05, 4.69) is 10.3 Å². The van der Waals surface area contributed by atoms with Gasteiger partial charge in [0.1, 0.15) is 24.0 Å². The van der Waals surface area contributed by atoms with Crippen LogP contribution in [0.4, 0.5) is 11.6 Å². The van der Waals surface area contributed by atoms with Crippen LogP contribution >= 0.6 is 0 Å². The number of pyridine rings is 1. The molecule has 2 aromatic rings. The van der Waals surface area contributed by atoms with Crippen LogP contribution in [0, 0.1) is 6.92 Å². The van der Waals surface area contributed by atoms with Crippen molar-refractivity contribution in [2.75, 3.05) is 24.2 Å². The maximum atomic E-state index is 5.62. The van der Waals surface area contributed by atoms with Crippen LogP contribution < -0.4 is 15.8 Å². The number of aromatic nitrogens is 1. The average Bonchev–Trinajstić information content (AvgIpc) is 2.35. The van der Waals surface area contributed by atoms with E-state index in [0.29, 0.717) is 19.0 Å². The summed E-state index contributed by atoms with van der Waals surface area (Å²) in [7, 11) is 0. The van der Waals surface area contributed by atoms with Crippen molar-refractivity contribution in [3.8, 4) is 5.75 Å². The summed E-state index contributed by atoms with van der Waals surface area (Å²) in [5.41, 5.74) is 6.78. The molecular weight excluding hydrogens is 226 g/mol. The molecule has 0 atom stereocenters. The van der Waals surface area contributed by atoms with Gasteiger partial charge in [-0.3, -0.25) is 0 Å². The number of nitrogens with zero attached hydrogens (tertiary/aromatic N) is 1. The highest BCUT2D eigenvalue weighted by Crippen LogP contribution is 2.12. The lowest BCUT2D eigenvalue weighted by atomic mass is 10.2. The van der Waals surface area contributed by atoms with Crippen molar-refractivity contribution in [3.63, 3.8) is 0 Å². The smallest absolute Gasteiger partial charge is 0.128 e. The van der Waals surface area contributed by atoms with Gasteiger partial charge in [0.25, 0.3) is 0 Å². The van der Waals surface area contributed by atoms with E-state index in [9.17, 15) is 0 Å². The quantitative estimate of drug-likeness (QED) is 0.792. The van der Waals surface area contributed by atoms with Crippen molar-refractivity contribution in [1.29, 1.82) is 0 Å². The number of ether oxygens (including phenoxy) is 1. The van der Waals surface area contributed by atoms with Gasteiger partial charge in [0, 0.05) is 0 Å². The molecule has 0 aliphatic rings. The van der Waals surface area contributed by atoms with Gasteiger partial charge in [-0.05, 0) is 36.8 Å². The number of benzene rings is 1. The number of anilines is 2. The molecule has 0 aliphatic heterocycles. The summed E-state index contributed by atoms with van der Waals surface area (Å²) >= 11 is 0. The van der Waals surface area contributed by atoms with Crippen molar-refractivity contribution in [2.45, 2.75) is 6.92 Å². The van der Waals surface area contributed by atoms with Gasteiger partial charge in [-0.25, -0.2) is 4.98 Å². The third kappa shape index (κ3) is 3.66. The molecule has 4 nitrogen and oxygen atoms in total. The number of rotatable bonds is 5. The Kier molecular flexibility index (Phi) is 4.02. The van der Waals surface area contributed by atoms with Crippen molar-refractivity contribution >= 4 is 11.6 Å². The Labute approximate surface area is 107 Å². The lowest BCUT2D eigenvalue weighted by Gasteiger charge is -2.08. The Hall–Kier alpha value is -2.23. The summed E-state index contributed by atoms with van der Waals surface area (Å²) in [6, 6.07) is 13.5. The molecule has 0 saturated heterocycles. The Balaban J connectivity index is 1.76. The van der Waals surface area contributed by atoms with Gasteiger partial charge in [-0.2, -0.15) is 0 Å². The second kappa shape index (κ2) is 5.91. The van der Waals surface area contributed by atoms with E-state index >= 15 is 0 Å². The first kappa shape index (κ1) is 12.2. The first-order valence-corrected chi connectivity index (χ1v) is 5.90. The summed E-state index contributed by atoms with van der Waals surface area (Å²) in [5, 5.41) is 3.15. The Morgan fingerprint density at radius 3 is 2.83 bits per heavy atom. The highest BCUT2D eigenvalue weighted by Gasteiger charge is 1.96. The summed E-state index contributed by atoms with van der Waals surface area (Å²) in [4.78, 5) is 4.14. The van der Waals surface area contributed by atoms with Gasteiger partial charge in [0.15, 0.2) is 0 Å². The van der Waals surface area contributed by atoms with E-state index in [1.54, 1.807) is 6.07 Å². The van der Waals surface area contributed by atoms with Gasteiger partial charge < -0.3 is 15.8 Å². The lowest BCUT2D eigenvalue weighted by Crippen LogP contribution is -2.12. The Bertz CT molecular complexity index is 466. The maximum absolute atomic E-state index is 5.62. The molecule has 94 valence electrons. The number of nitrogens with two attached hydrogens (primary N) is 1. The molecule has 3 N–H and O–H groups in total. The lowest BCUT2D eigenvalue weighted by molar-refractivity contribution is 0.332. The topological polar surface area (TPSA) is 60.2 Å². The largest absolute Gasteiger partial charge is 0.492 e. The van der Waals surface area contributed by atoms with E-state index in [0.717, 1.165) is 11.6 Å². The molecule has 2 rings (SSSR count). The van der Waals surface area contributed by atoms with Gasteiger partial charge >= 0.3 is 0 Å². The molecule has 0 amide bonds. The zero-order valence-corrected chi connectivity index (χ0v) is 10.4. The summed E-state index contributed by atoms with van der Waals surface area (Å²) in [6.07, 6.45) is 0. The fraction of sp³-hybridized carbons (Fsp3) is 0.214. The number of hydrogen-bond acceptors (Lipinski definition) is 4. The minimum Gasteiger partial charge on any atom is -0.492 e. The number of nitrogens with one attached hydrogen (secondary N) is 1. The van der Waals surface area contributed by atoms with E-state index in [4.69, 9.17) is 10.5 Å². The monoisotopic (exact) mass is 243 g/mol. The standard InChI is InChI=1S/C14H17N3O/c1-11-4-2-5-12(10-11)18-9-8-16-14-7-3-6-13(15)17-14/h2-7,10H,8-9H2,1H3,(H3,15,16,17). The summed E-state index contributed by atoms with van der Waals surface area (Å²) < 4.78 is 5.62. The normalized spacial score (nSPS) is 10.1. The fourth-order valence-corrected chi connectivity index (χ4v) is 1.60. The predicted molar refractivity (Wildman–Crippen MR) is 73.8 cm³/mol. The molecule has 0 fully saturated rings. The second-order valence-corrected chi connectivity index (χ2v) is 4.04. The molecule has 0 spiro atoms. The number of hydrogen-bond donors (Lipinski definition) is 2. The van der Waals surface area contributed by atoms with Crippen LogP contribution in [0.1, 0.15) is 5.56 Å². The average molecular weight is 243 g/mol. The van der Waals surface area contributed by atoms with E-state index in [1.165, 1.54) is 5.56 Å². The van der Waals surface area contributed by atoms with Crippen LogP contribution in [0.15, 0.2) is 42.5 Å². The van der Waals surface area contributed by atoms with Crippen LogP contribution in [0.25, 0.3) is 0 Å². The van der Waals surface area contributed by atoms with Crippen molar-refractivity contribution in [2.24, 2.45) is 0 Å². The molecule has 1 aromatic heterocycles. The first-order chi connectivity index (χ1) is 8.74. The minimum atomic E-state index is 0.514. The number of nitrogen functional groups attached to an aromatic ring is 1. The molecule has 1 heterocycles. The predicted octanol–water partition coefficient (Wildman–Crippen LogP) is 2.46. The second-order valence-electron chi connectivity index (χ2n) is 4.04. The molecule has 1 aromatic carbocycles. The van der Waals surface area contributed by atoms with Crippen molar-refractivity contribution in [1.82, 2.24) is 4.98 Å². The highest BCUT2D eigenvalue weighted by atomic mass is 16.5. The Morgan fingerprint density at radius 1 is 1.22 bits per heavy atom. The zero-order valence-electron chi connectivity index (χ0n) is 10.4. The Morgan fingerprint density at radius 2 is 2.06 bits per heavy atom. The maximum Gasteiger partial charge on any atom is 0.128 e. The first-order valence-electron chi connectivity index (χ1n) is 5.90. The molecule has 0 unspecified atom stereocenters. The molecule has 18 heavy (non-hydrogen) atoms. The summed E-state index contributed by atoms with van der Waals surface area (Å²) in [5.74, 6) is 2.17. The van der Waals surface area contributed by atoms with Gasteiger partial charge in [-0.15, -0.1) is 0 Å². The minimum absolute atomic E-state index is 0.514. The van der Waals surface area contributed by atoms with Crippen molar-refractivity contribution in [3.05, 3.63) is 48.0 Å². The van der Waals surface area contributed by atoms with Crippen LogP contribution in [0.3, 0.4) is 0 Å². The van der Waals surface area contributed by atoms with Gasteiger partial charge in [0.05, 0.1) is 6.54 Å². The van der Waals surface area contributed by atoms with E-state index < -0.39 is 0 Å². The third-order valence-corrected chi connectivity index (χ3v) is 2.44. The van der Waals surface area contributed by atoms with E-state index in [1.807, 2.05) is 43.3 Å². The number of aryl methyl sites for hydroxylation is 1. The zero-order chi connectivity index (χ0) is 12.8. The molecular formula is C14H17N3O. The molecule has 0 bridgehead atoms. The third-order valence-electron chi connectivity index (χ3n) is 2.44. The molecule has 0 radical (unpaired) electrons. The molecule has 4 heteroatoms. The SMILES string of the molecule is Cc1cccc(OCCNc2cccc(N)n2)c1. The van der Waals surface area contributed by atoms with Crippen LogP contribution in [0.2, 0.25) is 0 Å².